The summed E-state index contributed by atoms with van der Waals surface area (Å²) in [5.74, 6) is 5.74. The van der Waals surface area contributed by atoms with Crippen LogP contribution in [0.5, 0.6) is 0 Å². The highest BCUT2D eigenvalue weighted by atomic mass is 32.1. The summed E-state index contributed by atoms with van der Waals surface area (Å²) in [6.07, 6.45) is 0. The van der Waals surface area contributed by atoms with Crippen molar-refractivity contribution in [2.45, 2.75) is 19.9 Å². The number of likely N-dealkylation sites (N-methyl/N-ethyl adjacent to an activating group) is 1. The fraction of sp³-hybridized carbons (Fsp3) is 0.500. The summed E-state index contributed by atoms with van der Waals surface area (Å²) in [7, 11) is 1.64. The lowest BCUT2D eigenvalue weighted by atomic mass is 10.2. The number of carbonyl (C=O) groups excluding carboxylic acids is 1. The monoisotopic (exact) mass is 280 g/mol. The van der Waals surface area contributed by atoms with Crippen molar-refractivity contribution in [1.29, 1.82) is 0 Å². The van der Waals surface area contributed by atoms with E-state index in [-0.39, 0.29) is 11.9 Å². The second-order valence-electron chi connectivity index (χ2n) is 4.10. The molecule has 0 spiro atoms. The van der Waals surface area contributed by atoms with Gasteiger partial charge in [-0.3, -0.25) is 4.79 Å². The Morgan fingerprint density at radius 3 is 2.95 bits per heavy atom. The molecule has 0 aliphatic rings. The van der Waals surface area contributed by atoms with Gasteiger partial charge < -0.3 is 15.4 Å². The van der Waals surface area contributed by atoms with E-state index in [4.69, 9.17) is 10.5 Å². The maximum Gasteiger partial charge on any atom is 0.255 e. The summed E-state index contributed by atoms with van der Waals surface area (Å²) in [6, 6.07) is 1.87. The molecule has 0 saturated carbocycles. The molecule has 0 fully saturated rings. The molecule has 0 radical (unpaired) electrons. The van der Waals surface area contributed by atoms with Crippen molar-refractivity contribution in [2.24, 2.45) is 5.73 Å². The zero-order chi connectivity index (χ0) is 14.3. The van der Waals surface area contributed by atoms with Crippen LogP contribution < -0.4 is 5.73 Å². The molecule has 0 aromatic carbocycles. The van der Waals surface area contributed by atoms with Gasteiger partial charge >= 0.3 is 0 Å². The molecule has 1 aromatic rings. The number of amides is 1. The minimum absolute atomic E-state index is 0.0177. The molecule has 0 bridgehead atoms. The summed E-state index contributed by atoms with van der Waals surface area (Å²) in [5.41, 5.74) is 6.00. The highest BCUT2D eigenvalue weighted by Gasteiger charge is 2.20. The normalized spacial score (nSPS) is 11.6. The van der Waals surface area contributed by atoms with Gasteiger partial charge in [-0.05, 0) is 19.9 Å². The molecule has 1 amide bonds. The minimum Gasteiger partial charge on any atom is -0.383 e. The van der Waals surface area contributed by atoms with Crippen LogP contribution in [0.15, 0.2) is 11.4 Å². The molecule has 5 heteroatoms. The van der Waals surface area contributed by atoms with Crippen LogP contribution in [0.1, 0.15) is 29.1 Å². The number of methoxy groups -OCH3 is 1. The van der Waals surface area contributed by atoms with Crippen LogP contribution in [0.3, 0.4) is 0 Å². The lowest BCUT2D eigenvalue weighted by Gasteiger charge is -2.27. The fourth-order valence-corrected chi connectivity index (χ4v) is 2.55. The van der Waals surface area contributed by atoms with Gasteiger partial charge in [-0.1, -0.05) is 11.8 Å². The van der Waals surface area contributed by atoms with Gasteiger partial charge in [-0.25, -0.2) is 0 Å². The van der Waals surface area contributed by atoms with Crippen LogP contribution in [0.4, 0.5) is 0 Å². The van der Waals surface area contributed by atoms with E-state index in [0.29, 0.717) is 25.3 Å². The second-order valence-corrected chi connectivity index (χ2v) is 5.01. The van der Waals surface area contributed by atoms with Crippen LogP contribution in [0.2, 0.25) is 0 Å². The predicted octanol–water partition coefficient (Wildman–Crippen LogP) is 1.56. The smallest absolute Gasteiger partial charge is 0.255 e. The van der Waals surface area contributed by atoms with E-state index in [2.05, 4.69) is 11.8 Å². The Morgan fingerprint density at radius 2 is 2.37 bits per heavy atom. The maximum atomic E-state index is 12.4. The first kappa shape index (κ1) is 15.7. The van der Waals surface area contributed by atoms with Crippen LogP contribution >= 0.6 is 11.3 Å². The first-order valence-electron chi connectivity index (χ1n) is 6.21. The number of rotatable bonds is 5. The van der Waals surface area contributed by atoms with Crippen LogP contribution in [-0.4, -0.2) is 43.7 Å². The molecule has 2 N–H and O–H groups in total. The van der Waals surface area contributed by atoms with Crippen molar-refractivity contribution >= 4 is 17.2 Å². The highest BCUT2D eigenvalue weighted by molar-refractivity contribution is 7.10. The molecule has 104 valence electrons. The molecule has 1 aromatic heterocycles. The highest BCUT2D eigenvalue weighted by Crippen LogP contribution is 2.16. The van der Waals surface area contributed by atoms with Crippen LogP contribution in [0.25, 0.3) is 0 Å². The molecule has 1 atom stereocenters. The third kappa shape index (κ3) is 4.35. The number of thiophene rings is 1. The van der Waals surface area contributed by atoms with Gasteiger partial charge in [0, 0.05) is 19.0 Å². The molecule has 19 heavy (non-hydrogen) atoms. The largest absolute Gasteiger partial charge is 0.383 e. The molecule has 1 unspecified atom stereocenters. The number of nitrogens with two attached hydrogens (primary N) is 1. The number of hydrogen-bond acceptors (Lipinski definition) is 4. The zero-order valence-corrected chi connectivity index (χ0v) is 12.4. The quantitative estimate of drug-likeness (QED) is 0.833. The summed E-state index contributed by atoms with van der Waals surface area (Å²) in [5, 5.41) is 1.84. The third-order valence-corrected chi connectivity index (χ3v) is 3.55. The Kier molecular flexibility index (Phi) is 6.57. The standard InChI is InChI=1S/C14H20N2O2S/c1-4-16(11(2)9-18-3)14(17)12-8-13(19-10-12)6-5-7-15/h8,10-11H,4,7,9,15H2,1-3H3. The predicted molar refractivity (Wildman–Crippen MR) is 78.3 cm³/mol. The Labute approximate surface area is 118 Å². The summed E-state index contributed by atoms with van der Waals surface area (Å²) >= 11 is 1.46. The first-order valence-corrected chi connectivity index (χ1v) is 7.09. The molecule has 0 aliphatic carbocycles. The van der Waals surface area contributed by atoms with E-state index in [0.717, 1.165) is 4.88 Å². The van der Waals surface area contributed by atoms with Crippen molar-refractivity contribution in [1.82, 2.24) is 4.90 Å². The molecular weight excluding hydrogens is 260 g/mol. The number of hydrogen-bond donors (Lipinski definition) is 1. The molecule has 0 aliphatic heterocycles. The van der Waals surface area contributed by atoms with Gasteiger partial charge in [-0.15, -0.1) is 11.3 Å². The molecule has 1 rings (SSSR count). The first-order chi connectivity index (χ1) is 9.13. The van der Waals surface area contributed by atoms with Gasteiger partial charge in [0.2, 0.25) is 0 Å². The summed E-state index contributed by atoms with van der Waals surface area (Å²) in [4.78, 5) is 15.0. The maximum absolute atomic E-state index is 12.4. The Balaban J connectivity index is 2.82. The van der Waals surface area contributed by atoms with Crippen molar-refractivity contribution < 1.29 is 9.53 Å². The Hall–Kier alpha value is -1.35. The molecule has 1 heterocycles. The molecular formula is C14H20N2O2S. The summed E-state index contributed by atoms with van der Waals surface area (Å²) < 4.78 is 5.10. The zero-order valence-electron chi connectivity index (χ0n) is 11.6. The van der Waals surface area contributed by atoms with E-state index in [1.54, 1.807) is 12.0 Å². The van der Waals surface area contributed by atoms with Crippen LogP contribution in [0, 0.1) is 11.8 Å². The van der Waals surface area contributed by atoms with Gasteiger partial charge in [0.25, 0.3) is 5.91 Å². The molecule has 0 saturated heterocycles. The van der Waals surface area contributed by atoms with Gasteiger partial charge in [-0.2, -0.15) is 0 Å². The number of carbonyl (C=O) groups is 1. The van der Waals surface area contributed by atoms with Crippen molar-refractivity contribution in [3.05, 3.63) is 21.9 Å². The lowest BCUT2D eigenvalue weighted by molar-refractivity contribution is 0.0580. The second kappa shape index (κ2) is 7.95. The van der Waals surface area contributed by atoms with Crippen molar-refractivity contribution in [3.63, 3.8) is 0 Å². The Morgan fingerprint density at radius 1 is 1.63 bits per heavy atom. The minimum atomic E-state index is 0.0177. The van der Waals surface area contributed by atoms with Crippen molar-refractivity contribution in [3.8, 4) is 11.8 Å². The van der Waals surface area contributed by atoms with E-state index in [1.165, 1.54) is 11.3 Å². The average Bonchev–Trinajstić information content (AvgIpc) is 2.86. The topological polar surface area (TPSA) is 55.6 Å². The van der Waals surface area contributed by atoms with Gasteiger partial charge in [0.1, 0.15) is 0 Å². The number of ether oxygens (including phenoxy) is 1. The average molecular weight is 280 g/mol. The van der Waals surface area contributed by atoms with Crippen molar-refractivity contribution in [2.75, 3.05) is 26.8 Å². The Bertz CT molecular complexity index is 473. The SMILES string of the molecule is CCN(C(=O)c1csc(C#CCN)c1)C(C)COC. The summed E-state index contributed by atoms with van der Waals surface area (Å²) in [6.45, 7) is 5.46. The van der Waals surface area contributed by atoms with E-state index >= 15 is 0 Å². The third-order valence-electron chi connectivity index (χ3n) is 2.70. The fourth-order valence-electron chi connectivity index (χ4n) is 1.80. The van der Waals surface area contributed by atoms with Gasteiger partial charge in [0.05, 0.1) is 29.6 Å². The van der Waals surface area contributed by atoms with E-state index < -0.39 is 0 Å². The van der Waals surface area contributed by atoms with E-state index in [1.807, 2.05) is 25.3 Å². The lowest BCUT2D eigenvalue weighted by Crippen LogP contribution is -2.40. The van der Waals surface area contributed by atoms with Crippen LogP contribution in [-0.2, 0) is 4.74 Å². The van der Waals surface area contributed by atoms with Gasteiger partial charge in [0.15, 0.2) is 0 Å². The van der Waals surface area contributed by atoms with E-state index in [9.17, 15) is 4.79 Å². The number of nitrogens with zero attached hydrogens (tertiary/aromatic N) is 1. The molecule has 4 nitrogen and oxygen atoms in total.